The third kappa shape index (κ3) is 6.76. The number of rotatable bonds is 7. The van der Waals surface area contributed by atoms with E-state index >= 15 is 0 Å². The molecular formula is C52H32N4S. The summed E-state index contributed by atoms with van der Waals surface area (Å²) in [6.45, 7) is 0. The molecule has 0 aliphatic rings. The van der Waals surface area contributed by atoms with E-state index < -0.39 is 0 Å². The lowest BCUT2D eigenvalue weighted by Crippen LogP contribution is -1.96. The maximum atomic E-state index is 9.54. The fraction of sp³-hybridized carbons (Fsp3) is 0. The van der Waals surface area contributed by atoms with Gasteiger partial charge in [-0.25, -0.2) is 9.97 Å². The summed E-state index contributed by atoms with van der Waals surface area (Å²) in [4.78, 5) is 14.7. The molecule has 0 spiro atoms. The van der Waals surface area contributed by atoms with Crippen molar-refractivity contribution < 1.29 is 0 Å². The lowest BCUT2D eigenvalue weighted by atomic mass is 9.93. The fourth-order valence-electron chi connectivity index (χ4n) is 7.45. The summed E-state index contributed by atoms with van der Waals surface area (Å²) < 4.78 is 2.29. The van der Waals surface area contributed by atoms with Gasteiger partial charge in [0.2, 0.25) is 0 Å². The second-order valence-electron chi connectivity index (χ2n) is 14.0. The van der Waals surface area contributed by atoms with Gasteiger partial charge in [0.25, 0.3) is 0 Å². The number of thiophene rings is 1. The Bertz CT molecular complexity index is 3100. The van der Waals surface area contributed by atoms with Crippen molar-refractivity contribution in [3.63, 3.8) is 0 Å². The van der Waals surface area contributed by atoms with Crippen molar-refractivity contribution in [3.05, 3.63) is 200 Å². The standard InChI is InChI=1S/C52H32N4S/c53-32-34-13-23-46-47-24-22-41(30-51(47)57-50(46)26-34)44-27-43(38-16-14-37(15-17-38)42-12-7-25-54-33-42)28-45(29-44)49-31-48(55-52(56-49)40-10-5-2-6-11-40)39-20-18-36(19-21-39)35-8-3-1-4-9-35/h1-31,33H. The molecule has 0 amide bonds. The van der Waals surface area contributed by atoms with Crippen LogP contribution in [-0.4, -0.2) is 15.0 Å². The lowest BCUT2D eigenvalue weighted by molar-refractivity contribution is 1.18. The topological polar surface area (TPSA) is 62.5 Å². The number of hydrogen-bond donors (Lipinski definition) is 0. The molecule has 4 nitrogen and oxygen atoms in total. The molecule has 57 heavy (non-hydrogen) atoms. The van der Waals surface area contributed by atoms with Crippen molar-refractivity contribution in [3.8, 4) is 84.5 Å². The van der Waals surface area contributed by atoms with Crippen LogP contribution in [0.4, 0.5) is 0 Å². The van der Waals surface area contributed by atoms with Gasteiger partial charge in [-0.3, -0.25) is 4.98 Å². The van der Waals surface area contributed by atoms with E-state index in [1.165, 1.54) is 21.0 Å². The van der Waals surface area contributed by atoms with Crippen LogP contribution in [0.15, 0.2) is 194 Å². The van der Waals surface area contributed by atoms with Crippen LogP contribution in [-0.2, 0) is 0 Å². The minimum absolute atomic E-state index is 0.673. The van der Waals surface area contributed by atoms with Crippen LogP contribution in [0.25, 0.3) is 98.6 Å². The highest BCUT2D eigenvalue weighted by molar-refractivity contribution is 7.25. The predicted molar refractivity (Wildman–Crippen MR) is 235 cm³/mol. The first-order valence-electron chi connectivity index (χ1n) is 18.8. The lowest BCUT2D eigenvalue weighted by Gasteiger charge is -2.14. The van der Waals surface area contributed by atoms with E-state index in [0.29, 0.717) is 11.4 Å². The Morgan fingerprint density at radius 3 is 1.56 bits per heavy atom. The summed E-state index contributed by atoms with van der Waals surface area (Å²) in [5.74, 6) is 0.673. The molecule has 3 aromatic heterocycles. The van der Waals surface area contributed by atoms with Gasteiger partial charge >= 0.3 is 0 Å². The van der Waals surface area contributed by atoms with Crippen molar-refractivity contribution in [2.75, 3.05) is 0 Å². The van der Waals surface area contributed by atoms with Gasteiger partial charge in [-0.15, -0.1) is 11.3 Å². The summed E-state index contributed by atoms with van der Waals surface area (Å²) in [6.07, 6.45) is 3.69. The highest BCUT2D eigenvalue weighted by Gasteiger charge is 2.15. The Labute approximate surface area is 334 Å². The van der Waals surface area contributed by atoms with E-state index in [-0.39, 0.29) is 0 Å². The fourth-order valence-corrected chi connectivity index (χ4v) is 8.63. The maximum absolute atomic E-state index is 9.54. The molecule has 0 aliphatic heterocycles. The zero-order chi connectivity index (χ0) is 38.1. The second-order valence-corrected chi connectivity index (χ2v) is 15.1. The summed E-state index contributed by atoms with van der Waals surface area (Å²) in [6, 6.07) is 65.8. The van der Waals surface area contributed by atoms with E-state index in [1.54, 1.807) is 17.5 Å². The SMILES string of the molecule is N#Cc1ccc2c(c1)sc1cc(-c3cc(-c4ccc(-c5cccnc5)cc4)cc(-c4cc(-c5ccc(-c6ccccc6)cc5)nc(-c5ccccc5)n4)c3)ccc12. The third-order valence-electron chi connectivity index (χ3n) is 10.4. The van der Waals surface area contributed by atoms with Crippen molar-refractivity contribution in [2.24, 2.45) is 0 Å². The van der Waals surface area contributed by atoms with E-state index in [1.807, 2.05) is 48.7 Å². The number of pyridine rings is 1. The molecular weight excluding hydrogens is 713 g/mol. The zero-order valence-corrected chi connectivity index (χ0v) is 31.5. The van der Waals surface area contributed by atoms with Crippen molar-refractivity contribution in [1.29, 1.82) is 5.26 Å². The minimum atomic E-state index is 0.673. The number of hydrogen-bond acceptors (Lipinski definition) is 5. The Morgan fingerprint density at radius 2 is 0.895 bits per heavy atom. The minimum Gasteiger partial charge on any atom is -0.264 e. The Kier molecular flexibility index (Phi) is 8.72. The van der Waals surface area contributed by atoms with Gasteiger partial charge in [0.15, 0.2) is 5.82 Å². The van der Waals surface area contributed by atoms with Gasteiger partial charge in [-0.05, 0) is 93.0 Å². The van der Waals surface area contributed by atoms with E-state index in [0.717, 1.165) is 71.7 Å². The van der Waals surface area contributed by atoms with Crippen molar-refractivity contribution in [2.45, 2.75) is 0 Å². The first kappa shape index (κ1) is 34.0. The molecule has 0 saturated carbocycles. The van der Waals surface area contributed by atoms with Gasteiger partial charge in [-0.1, -0.05) is 133 Å². The molecule has 10 aromatic rings. The first-order valence-corrected chi connectivity index (χ1v) is 19.6. The molecule has 0 saturated heterocycles. The van der Waals surface area contributed by atoms with Gasteiger partial charge in [0.05, 0.1) is 23.0 Å². The summed E-state index contributed by atoms with van der Waals surface area (Å²) in [5, 5.41) is 11.9. The molecule has 0 fully saturated rings. The summed E-state index contributed by atoms with van der Waals surface area (Å²) >= 11 is 1.72. The maximum Gasteiger partial charge on any atom is 0.160 e. The zero-order valence-electron chi connectivity index (χ0n) is 30.7. The number of aromatic nitrogens is 3. The number of nitriles is 1. The molecule has 266 valence electrons. The average Bonchev–Trinajstić information content (AvgIpc) is 3.67. The molecule has 0 bridgehead atoms. The smallest absolute Gasteiger partial charge is 0.160 e. The number of nitrogens with zero attached hydrogens (tertiary/aromatic N) is 4. The van der Waals surface area contributed by atoms with E-state index in [9.17, 15) is 5.26 Å². The van der Waals surface area contributed by atoms with Gasteiger partial charge in [0, 0.05) is 49.3 Å². The molecule has 7 aromatic carbocycles. The highest BCUT2D eigenvalue weighted by atomic mass is 32.1. The Morgan fingerprint density at radius 1 is 0.386 bits per heavy atom. The van der Waals surface area contributed by atoms with Crippen LogP contribution >= 0.6 is 11.3 Å². The van der Waals surface area contributed by atoms with Crippen molar-refractivity contribution >= 4 is 31.5 Å². The molecule has 0 aliphatic carbocycles. The Balaban J connectivity index is 1.13. The molecule has 0 atom stereocenters. The Hall–Kier alpha value is -7.52. The largest absolute Gasteiger partial charge is 0.264 e. The van der Waals surface area contributed by atoms with E-state index in [2.05, 4.69) is 151 Å². The molecule has 0 radical (unpaired) electrons. The van der Waals surface area contributed by atoms with Gasteiger partial charge in [0.1, 0.15) is 0 Å². The molecule has 3 heterocycles. The van der Waals surface area contributed by atoms with Crippen LogP contribution in [0.1, 0.15) is 5.56 Å². The predicted octanol–water partition coefficient (Wildman–Crippen LogP) is 13.8. The third-order valence-corrected chi connectivity index (χ3v) is 11.5. The van der Waals surface area contributed by atoms with Crippen LogP contribution in [0.5, 0.6) is 0 Å². The average molecular weight is 745 g/mol. The van der Waals surface area contributed by atoms with Crippen LogP contribution in [0.2, 0.25) is 0 Å². The van der Waals surface area contributed by atoms with Gasteiger partial charge < -0.3 is 0 Å². The van der Waals surface area contributed by atoms with E-state index in [4.69, 9.17) is 9.97 Å². The second kappa shape index (κ2) is 14.6. The molecule has 0 unspecified atom stereocenters. The monoisotopic (exact) mass is 744 g/mol. The molecule has 0 N–H and O–H groups in total. The number of benzene rings is 7. The summed E-state index contributed by atoms with van der Waals surface area (Å²) in [5.41, 5.74) is 14.3. The van der Waals surface area contributed by atoms with Crippen LogP contribution < -0.4 is 0 Å². The normalized spacial score (nSPS) is 11.1. The van der Waals surface area contributed by atoms with Crippen molar-refractivity contribution in [1.82, 2.24) is 15.0 Å². The molecule has 5 heteroatoms. The first-order chi connectivity index (χ1) is 28.1. The highest BCUT2D eigenvalue weighted by Crippen LogP contribution is 2.40. The quantitative estimate of drug-likeness (QED) is 0.163. The van der Waals surface area contributed by atoms with Crippen LogP contribution in [0, 0.1) is 11.3 Å². The van der Waals surface area contributed by atoms with Gasteiger partial charge in [-0.2, -0.15) is 5.26 Å². The number of fused-ring (bicyclic) bond motifs is 3. The van der Waals surface area contributed by atoms with Crippen LogP contribution in [0.3, 0.4) is 0 Å². The molecule has 10 rings (SSSR count). The summed E-state index contributed by atoms with van der Waals surface area (Å²) in [7, 11) is 0.